The molecule has 2 aromatic rings. The normalized spacial score (nSPS) is 22.3. The Balaban J connectivity index is 2.27. The number of rotatable bonds is 0. The summed E-state index contributed by atoms with van der Waals surface area (Å²) in [5, 5.41) is 13.4. The lowest BCUT2D eigenvalue weighted by Crippen LogP contribution is -2.28. The van der Waals surface area contributed by atoms with Crippen molar-refractivity contribution in [2.24, 2.45) is 0 Å². The van der Waals surface area contributed by atoms with Crippen molar-refractivity contribution in [3.63, 3.8) is 0 Å². The predicted octanol–water partition coefficient (Wildman–Crippen LogP) is 2.53. The lowest BCUT2D eigenvalue weighted by Gasteiger charge is -2.32. The first-order chi connectivity index (χ1) is 9.08. The molecule has 2 heterocycles. The van der Waals surface area contributed by atoms with E-state index >= 15 is 0 Å². The molecule has 0 bridgehead atoms. The van der Waals surface area contributed by atoms with Crippen molar-refractivity contribution < 1.29 is 0 Å². The van der Waals surface area contributed by atoms with Crippen molar-refractivity contribution in [2.45, 2.75) is 38.1 Å². The Kier molecular flexibility index (Phi) is 1.91. The van der Waals surface area contributed by atoms with Crippen LogP contribution in [0.5, 0.6) is 0 Å². The summed E-state index contributed by atoms with van der Waals surface area (Å²) in [5.41, 5.74) is 2.97. The summed E-state index contributed by atoms with van der Waals surface area (Å²) >= 11 is 0. The molecule has 0 saturated carbocycles. The third-order valence-corrected chi connectivity index (χ3v) is 4.44. The number of nitrogens with one attached hydrogen (secondary N) is 1. The molecule has 0 spiro atoms. The van der Waals surface area contributed by atoms with Gasteiger partial charge in [-0.05, 0) is 25.0 Å². The summed E-state index contributed by atoms with van der Waals surface area (Å²) < 4.78 is 0. The fourth-order valence-corrected chi connectivity index (χ4v) is 3.40. The summed E-state index contributed by atoms with van der Waals surface area (Å²) in [5.74, 6) is 0. The summed E-state index contributed by atoms with van der Waals surface area (Å²) in [6.07, 6.45) is 2.13. The van der Waals surface area contributed by atoms with E-state index < -0.39 is 0 Å². The van der Waals surface area contributed by atoms with Crippen LogP contribution in [0, 0.1) is 0 Å². The SMILES string of the molecule is CC1(C)CCC2Nc3cccc4c(=O)nnc1c2c34. The van der Waals surface area contributed by atoms with Gasteiger partial charge < -0.3 is 5.32 Å². The Morgan fingerprint density at radius 3 is 3.00 bits per heavy atom. The first kappa shape index (κ1) is 10.9. The van der Waals surface area contributed by atoms with Crippen LogP contribution in [0.2, 0.25) is 0 Å². The molecular weight excluding hydrogens is 238 g/mol. The van der Waals surface area contributed by atoms with Crippen molar-refractivity contribution in [3.8, 4) is 0 Å². The summed E-state index contributed by atoms with van der Waals surface area (Å²) in [4.78, 5) is 12.1. The molecule has 1 aliphatic carbocycles. The highest BCUT2D eigenvalue weighted by molar-refractivity contribution is 5.99. The second kappa shape index (κ2) is 3.32. The minimum atomic E-state index is -0.232. The Labute approximate surface area is 110 Å². The fourth-order valence-electron chi connectivity index (χ4n) is 3.40. The lowest BCUT2D eigenvalue weighted by atomic mass is 9.74. The Morgan fingerprint density at radius 1 is 1.32 bits per heavy atom. The van der Waals surface area contributed by atoms with Gasteiger partial charge in [-0.15, -0.1) is 5.10 Å². The standard InChI is InChI=1S/C15H15N3O/c1-15(2)7-6-10-12-11-8(4-3-5-9(11)16-10)14(19)18-17-13(12)15/h3-5,10,16H,6-7H2,1-2H3. The van der Waals surface area contributed by atoms with Crippen LogP contribution in [0.25, 0.3) is 10.8 Å². The molecule has 4 nitrogen and oxygen atoms in total. The Morgan fingerprint density at radius 2 is 2.16 bits per heavy atom. The van der Waals surface area contributed by atoms with E-state index in [1.54, 1.807) is 0 Å². The molecule has 19 heavy (non-hydrogen) atoms. The number of benzene rings is 1. The van der Waals surface area contributed by atoms with Gasteiger partial charge in [-0.1, -0.05) is 19.9 Å². The zero-order chi connectivity index (χ0) is 13.2. The monoisotopic (exact) mass is 253 g/mol. The maximum absolute atomic E-state index is 12.1. The van der Waals surface area contributed by atoms with Gasteiger partial charge in [0.2, 0.25) is 0 Å². The molecule has 2 aliphatic rings. The number of anilines is 1. The lowest BCUT2D eigenvalue weighted by molar-refractivity contribution is 0.395. The molecular formula is C15H15N3O. The van der Waals surface area contributed by atoms with Crippen LogP contribution in [-0.4, -0.2) is 10.2 Å². The largest absolute Gasteiger partial charge is 0.378 e. The van der Waals surface area contributed by atoms with E-state index in [-0.39, 0.29) is 17.0 Å². The van der Waals surface area contributed by atoms with Crippen molar-refractivity contribution in [2.75, 3.05) is 5.32 Å². The number of hydrogen-bond donors (Lipinski definition) is 1. The molecule has 1 N–H and O–H groups in total. The molecule has 1 aromatic heterocycles. The van der Waals surface area contributed by atoms with Gasteiger partial charge in [0, 0.05) is 22.1 Å². The molecule has 96 valence electrons. The van der Waals surface area contributed by atoms with E-state index in [9.17, 15) is 4.79 Å². The fraction of sp³-hybridized carbons (Fsp3) is 0.400. The van der Waals surface area contributed by atoms with Gasteiger partial charge in [0.05, 0.1) is 17.1 Å². The molecule has 0 amide bonds. The van der Waals surface area contributed by atoms with Crippen molar-refractivity contribution in [1.29, 1.82) is 0 Å². The quantitative estimate of drug-likeness (QED) is 0.784. The molecule has 1 aromatic carbocycles. The summed E-state index contributed by atoms with van der Waals surface area (Å²) in [6.45, 7) is 4.36. The zero-order valence-corrected chi connectivity index (χ0v) is 11.0. The van der Waals surface area contributed by atoms with Gasteiger partial charge in [-0.3, -0.25) is 4.79 Å². The number of aromatic nitrogens is 2. The Hall–Kier alpha value is -1.97. The highest BCUT2D eigenvalue weighted by atomic mass is 16.1. The van der Waals surface area contributed by atoms with Gasteiger partial charge in [-0.25, -0.2) is 0 Å². The maximum Gasteiger partial charge on any atom is 0.296 e. The Bertz CT molecular complexity index is 767. The maximum atomic E-state index is 12.1. The smallest absolute Gasteiger partial charge is 0.296 e. The van der Waals surface area contributed by atoms with Gasteiger partial charge in [0.1, 0.15) is 0 Å². The van der Waals surface area contributed by atoms with Crippen LogP contribution in [0.3, 0.4) is 0 Å². The number of nitrogens with zero attached hydrogens (tertiary/aromatic N) is 2. The minimum absolute atomic E-state index is 0.0175. The van der Waals surface area contributed by atoms with E-state index in [1.807, 2.05) is 18.2 Å². The third-order valence-electron chi connectivity index (χ3n) is 4.44. The summed E-state index contributed by atoms with van der Waals surface area (Å²) in [6, 6.07) is 6.07. The van der Waals surface area contributed by atoms with Crippen LogP contribution < -0.4 is 10.9 Å². The first-order valence-corrected chi connectivity index (χ1v) is 6.68. The molecule has 0 saturated heterocycles. The van der Waals surface area contributed by atoms with E-state index in [0.29, 0.717) is 5.39 Å². The van der Waals surface area contributed by atoms with Crippen LogP contribution in [0.4, 0.5) is 5.69 Å². The van der Waals surface area contributed by atoms with Gasteiger partial charge in [0.15, 0.2) is 0 Å². The molecule has 1 atom stereocenters. The zero-order valence-electron chi connectivity index (χ0n) is 11.0. The minimum Gasteiger partial charge on any atom is -0.378 e. The first-order valence-electron chi connectivity index (χ1n) is 6.68. The molecule has 4 heteroatoms. The van der Waals surface area contributed by atoms with Crippen LogP contribution in [-0.2, 0) is 5.41 Å². The molecule has 1 unspecified atom stereocenters. The van der Waals surface area contributed by atoms with Gasteiger partial charge >= 0.3 is 0 Å². The van der Waals surface area contributed by atoms with E-state index in [2.05, 4.69) is 29.4 Å². The van der Waals surface area contributed by atoms with Crippen molar-refractivity contribution in [1.82, 2.24) is 10.2 Å². The number of hydrogen-bond acceptors (Lipinski definition) is 4. The van der Waals surface area contributed by atoms with Crippen molar-refractivity contribution in [3.05, 3.63) is 39.8 Å². The highest BCUT2D eigenvalue weighted by Gasteiger charge is 2.38. The molecule has 1 aliphatic heterocycles. The molecule has 0 fully saturated rings. The molecule has 4 rings (SSSR count). The summed E-state index contributed by atoms with van der Waals surface area (Å²) in [7, 11) is 0. The average molecular weight is 253 g/mol. The van der Waals surface area contributed by atoms with Crippen LogP contribution >= 0.6 is 0 Å². The second-order valence-electron chi connectivity index (χ2n) is 6.12. The van der Waals surface area contributed by atoms with Crippen LogP contribution in [0.1, 0.15) is 44.0 Å². The van der Waals surface area contributed by atoms with E-state index in [4.69, 9.17) is 0 Å². The average Bonchev–Trinajstić information content (AvgIpc) is 2.66. The van der Waals surface area contributed by atoms with Gasteiger partial charge in [-0.2, -0.15) is 5.10 Å². The van der Waals surface area contributed by atoms with Crippen molar-refractivity contribution >= 4 is 16.5 Å². The highest BCUT2D eigenvalue weighted by Crippen LogP contribution is 2.48. The molecule has 0 radical (unpaired) electrons. The van der Waals surface area contributed by atoms with Crippen LogP contribution in [0.15, 0.2) is 23.0 Å². The second-order valence-corrected chi connectivity index (χ2v) is 6.12. The predicted molar refractivity (Wildman–Crippen MR) is 74.4 cm³/mol. The van der Waals surface area contributed by atoms with E-state index in [1.165, 1.54) is 5.56 Å². The topological polar surface area (TPSA) is 54.9 Å². The van der Waals surface area contributed by atoms with Gasteiger partial charge in [0.25, 0.3) is 5.56 Å². The third kappa shape index (κ3) is 1.31. The van der Waals surface area contributed by atoms with E-state index in [0.717, 1.165) is 29.6 Å².